The highest BCUT2D eigenvalue weighted by atomic mass is 35.5. The summed E-state index contributed by atoms with van der Waals surface area (Å²) in [7, 11) is -4.12. The SMILES string of the molecule is N#Cc1c(F)cccc1S(=O)(=O)Nc1ccc(Cl)c(Cl)c1. The lowest BCUT2D eigenvalue weighted by Crippen LogP contribution is -2.15. The van der Waals surface area contributed by atoms with Gasteiger partial charge >= 0.3 is 0 Å². The van der Waals surface area contributed by atoms with Crippen LogP contribution < -0.4 is 4.72 Å². The van der Waals surface area contributed by atoms with Gasteiger partial charge < -0.3 is 0 Å². The van der Waals surface area contributed by atoms with Crippen LogP contribution in [-0.2, 0) is 10.0 Å². The van der Waals surface area contributed by atoms with Gasteiger partial charge in [0.2, 0.25) is 0 Å². The van der Waals surface area contributed by atoms with E-state index < -0.39 is 26.3 Å². The molecule has 1 N–H and O–H groups in total. The summed E-state index contributed by atoms with van der Waals surface area (Å²) in [4.78, 5) is -0.448. The van der Waals surface area contributed by atoms with Crippen molar-refractivity contribution in [2.45, 2.75) is 4.90 Å². The third kappa shape index (κ3) is 3.27. The monoisotopic (exact) mass is 344 g/mol. The molecule has 2 rings (SSSR count). The molecule has 0 amide bonds. The van der Waals surface area contributed by atoms with Crippen molar-refractivity contribution in [1.29, 1.82) is 5.26 Å². The maximum Gasteiger partial charge on any atom is 0.263 e. The van der Waals surface area contributed by atoms with Crippen LogP contribution >= 0.6 is 23.2 Å². The zero-order chi connectivity index (χ0) is 15.6. The first-order valence-corrected chi connectivity index (χ1v) is 7.75. The summed E-state index contributed by atoms with van der Waals surface area (Å²) >= 11 is 11.5. The highest BCUT2D eigenvalue weighted by molar-refractivity contribution is 7.92. The van der Waals surface area contributed by atoms with Gasteiger partial charge in [-0.3, -0.25) is 4.72 Å². The second-order valence-corrected chi connectivity index (χ2v) is 6.42. The number of rotatable bonds is 3. The molecule has 0 saturated carbocycles. The Bertz CT molecular complexity index is 848. The van der Waals surface area contributed by atoms with Crippen LogP contribution in [0.4, 0.5) is 10.1 Å². The molecule has 0 unspecified atom stereocenters. The molecule has 8 heteroatoms. The first-order valence-electron chi connectivity index (χ1n) is 5.51. The molecule has 2 aromatic rings. The number of nitriles is 1. The third-order valence-corrected chi connectivity index (χ3v) is 4.71. The number of sulfonamides is 1. The van der Waals surface area contributed by atoms with Gasteiger partial charge in [0.1, 0.15) is 22.3 Å². The highest BCUT2D eigenvalue weighted by Gasteiger charge is 2.21. The summed E-state index contributed by atoms with van der Waals surface area (Å²) in [5, 5.41) is 9.32. The Kier molecular flexibility index (Phi) is 4.37. The molecule has 0 fully saturated rings. The largest absolute Gasteiger partial charge is 0.280 e. The molecule has 0 bridgehead atoms. The fraction of sp³-hybridized carbons (Fsp3) is 0. The van der Waals surface area contributed by atoms with Gasteiger partial charge in [-0.15, -0.1) is 0 Å². The van der Waals surface area contributed by atoms with E-state index in [-0.39, 0.29) is 15.7 Å². The molecule has 21 heavy (non-hydrogen) atoms. The van der Waals surface area contributed by atoms with Gasteiger partial charge in [-0.25, -0.2) is 12.8 Å². The van der Waals surface area contributed by atoms with Gasteiger partial charge in [0, 0.05) is 0 Å². The molecule has 0 aliphatic heterocycles. The average Bonchev–Trinajstić information content (AvgIpc) is 2.42. The maximum absolute atomic E-state index is 13.5. The third-order valence-electron chi connectivity index (χ3n) is 2.55. The van der Waals surface area contributed by atoms with Crippen LogP contribution in [0.3, 0.4) is 0 Å². The molecular formula is C13H7Cl2FN2O2S. The minimum atomic E-state index is -4.12. The van der Waals surface area contributed by atoms with Crippen molar-refractivity contribution >= 4 is 38.9 Å². The summed E-state index contributed by atoms with van der Waals surface area (Å²) in [6, 6.07) is 9.02. The van der Waals surface area contributed by atoms with E-state index in [4.69, 9.17) is 28.5 Å². The Labute approximate surface area is 130 Å². The van der Waals surface area contributed by atoms with Gasteiger partial charge in [0.25, 0.3) is 10.0 Å². The Balaban J connectivity index is 2.46. The number of anilines is 1. The predicted molar refractivity (Wildman–Crippen MR) is 78.4 cm³/mol. The predicted octanol–water partition coefficient (Wildman–Crippen LogP) is 3.80. The minimum Gasteiger partial charge on any atom is -0.280 e. The van der Waals surface area contributed by atoms with Crippen LogP contribution in [0.1, 0.15) is 5.56 Å². The molecule has 0 aromatic heterocycles. The second kappa shape index (κ2) is 5.90. The lowest BCUT2D eigenvalue weighted by Gasteiger charge is -2.10. The number of hydrogen-bond donors (Lipinski definition) is 1. The van der Waals surface area contributed by atoms with Gasteiger partial charge in [-0.1, -0.05) is 29.3 Å². The van der Waals surface area contributed by atoms with Crippen molar-refractivity contribution in [3.8, 4) is 6.07 Å². The fourth-order valence-electron chi connectivity index (χ4n) is 1.61. The maximum atomic E-state index is 13.5. The van der Waals surface area contributed by atoms with Crippen molar-refractivity contribution in [1.82, 2.24) is 0 Å². The van der Waals surface area contributed by atoms with Gasteiger partial charge in [0.15, 0.2) is 0 Å². The van der Waals surface area contributed by atoms with E-state index in [2.05, 4.69) is 4.72 Å². The smallest absolute Gasteiger partial charge is 0.263 e. The summed E-state index contributed by atoms with van der Waals surface area (Å²) in [5.41, 5.74) is -0.400. The van der Waals surface area contributed by atoms with E-state index in [1.165, 1.54) is 30.3 Å². The fourth-order valence-corrected chi connectivity index (χ4v) is 3.12. The second-order valence-electron chi connectivity index (χ2n) is 3.96. The normalized spacial score (nSPS) is 11.0. The van der Waals surface area contributed by atoms with Crippen LogP contribution in [0.2, 0.25) is 10.0 Å². The molecule has 108 valence electrons. The lowest BCUT2D eigenvalue weighted by atomic mass is 10.2. The standard InChI is InChI=1S/C13H7Cl2FN2O2S/c14-10-5-4-8(6-11(10)15)18-21(19,20)13-3-1-2-12(16)9(13)7-17/h1-6,18H. The van der Waals surface area contributed by atoms with Gasteiger partial charge in [-0.05, 0) is 30.3 Å². The Hall–Kier alpha value is -1.81. The van der Waals surface area contributed by atoms with Crippen LogP contribution in [0.15, 0.2) is 41.3 Å². The first-order chi connectivity index (χ1) is 9.85. The van der Waals surface area contributed by atoms with Crippen molar-refractivity contribution < 1.29 is 12.8 Å². The summed E-state index contributed by atoms with van der Waals surface area (Å²) in [6.07, 6.45) is 0. The highest BCUT2D eigenvalue weighted by Crippen LogP contribution is 2.27. The van der Waals surface area contributed by atoms with Crippen LogP contribution in [0.25, 0.3) is 0 Å². The van der Waals surface area contributed by atoms with Crippen molar-refractivity contribution in [2.75, 3.05) is 4.72 Å². The summed E-state index contributed by atoms with van der Waals surface area (Å²) < 4.78 is 40.1. The first kappa shape index (κ1) is 15.6. The molecule has 2 aromatic carbocycles. The molecular weight excluding hydrogens is 338 g/mol. The van der Waals surface area contributed by atoms with E-state index in [1.54, 1.807) is 0 Å². The topological polar surface area (TPSA) is 70.0 Å². The molecule has 0 saturated heterocycles. The minimum absolute atomic E-state index is 0.151. The number of nitrogens with one attached hydrogen (secondary N) is 1. The lowest BCUT2D eigenvalue weighted by molar-refractivity contribution is 0.593. The van der Waals surface area contributed by atoms with Gasteiger partial charge in [-0.2, -0.15) is 5.26 Å². The molecule has 0 aliphatic rings. The van der Waals surface area contributed by atoms with Gasteiger partial charge in [0.05, 0.1) is 15.7 Å². The molecule has 4 nitrogen and oxygen atoms in total. The summed E-state index contributed by atoms with van der Waals surface area (Å²) in [6.45, 7) is 0. The van der Waals surface area contributed by atoms with E-state index >= 15 is 0 Å². The molecule has 0 spiro atoms. The van der Waals surface area contributed by atoms with Crippen LogP contribution in [0.5, 0.6) is 0 Å². The zero-order valence-corrected chi connectivity index (χ0v) is 12.6. The Morgan fingerprint density at radius 2 is 1.86 bits per heavy atom. The molecule has 0 aliphatic carbocycles. The van der Waals surface area contributed by atoms with E-state index in [0.717, 1.165) is 12.1 Å². The molecule has 0 heterocycles. The Morgan fingerprint density at radius 3 is 2.48 bits per heavy atom. The molecule has 0 radical (unpaired) electrons. The van der Waals surface area contributed by atoms with Crippen molar-refractivity contribution in [3.05, 3.63) is 57.8 Å². The quantitative estimate of drug-likeness (QED) is 0.920. The number of halogens is 3. The van der Waals surface area contributed by atoms with E-state index in [9.17, 15) is 12.8 Å². The summed E-state index contributed by atoms with van der Waals surface area (Å²) in [5.74, 6) is -0.908. The van der Waals surface area contributed by atoms with Crippen molar-refractivity contribution in [3.63, 3.8) is 0 Å². The Morgan fingerprint density at radius 1 is 1.14 bits per heavy atom. The number of benzene rings is 2. The van der Waals surface area contributed by atoms with Crippen molar-refractivity contribution in [2.24, 2.45) is 0 Å². The van der Waals surface area contributed by atoms with Crippen LogP contribution in [0, 0.1) is 17.1 Å². The van der Waals surface area contributed by atoms with Crippen LogP contribution in [-0.4, -0.2) is 8.42 Å². The zero-order valence-electron chi connectivity index (χ0n) is 10.3. The number of hydrogen-bond acceptors (Lipinski definition) is 3. The number of nitrogens with zero attached hydrogens (tertiary/aromatic N) is 1. The van der Waals surface area contributed by atoms with E-state index in [0.29, 0.717) is 0 Å². The average molecular weight is 345 g/mol. The van der Waals surface area contributed by atoms with E-state index in [1.807, 2.05) is 0 Å². The molecule has 0 atom stereocenters.